The predicted molar refractivity (Wildman–Crippen MR) is 133 cm³/mol. The number of nitrogens with one attached hydrogen (secondary N) is 1. The standard InChI is InChI=1S/C26H33N3O7/c1-14-19(15(2)27-21(14)26(33)36-7)23(30)20-22(16-9-10-17(34-5)18(13-16)35-6)29(25(32)24(20)31)12-8-11-28(3)4/h9-10,13,22,27,30H,8,11-12H2,1-7H3/t22-/m1/s1. The quantitative estimate of drug-likeness (QED) is 0.234. The first-order valence-corrected chi connectivity index (χ1v) is 11.5. The van der Waals surface area contributed by atoms with E-state index in [1.807, 2.05) is 19.0 Å². The summed E-state index contributed by atoms with van der Waals surface area (Å²) in [7, 11) is 8.12. The highest BCUT2D eigenvalue weighted by molar-refractivity contribution is 6.46. The van der Waals surface area contributed by atoms with Crippen molar-refractivity contribution in [3.05, 3.63) is 51.9 Å². The molecule has 0 saturated carbocycles. The van der Waals surface area contributed by atoms with E-state index < -0.39 is 23.7 Å². The fraction of sp³-hybridized carbons (Fsp3) is 0.423. The largest absolute Gasteiger partial charge is 0.507 e. The molecule has 0 unspecified atom stereocenters. The SMILES string of the molecule is COC(=O)c1[nH]c(C)c(C(O)=C2C(=O)C(=O)N(CCCN(C)C)[C@@H]2c2ccc(OC)c(OC)c2)c1C. The maximum absolute atomic E-state index is 13.3. The number of Topliss-reactive ketones (excluding diaryl/α,β-unsaturated/α-hetero) is 1. The summed E-state index contributed by atoms with van der Waals surface area (Å²) in [6.07, 6.45) is 0.624. The van der Waals surface area contributed by atoms with Gasteiger partial charge < -0.3 is 34.1 Å². The number of rotatable bonds is 9. The van der Waals surface area contributed by atoms with Crippen molar-refractivity contribution in [2.75, 3.05) is 48.5 Å². The van der Waals surface area contributed by atoms with Gasteiger partial charge in [0.2, 0.25) is 0 Å². The first-order chi connectivity index (χ1) is 17.1. The number of amides is 1. The van der Waals surface area contributed by atoms with Crippen molar-refractivity contribution in [2.24, 2.45) is 0 Å². The van der Waals surface area contributed by atoms with Crippen LogP contribution in [0.15, 0.2) is 23.8 Å². The number of aromatic amines is 1. The number of H-pyrrole nitrogens is 1. The number of ether oxygens (including phenoxy) is 3. The van der Waals surface area contributed by atoms with Gasteiger partial charge in [0, 0.05) is 17.8 Å². The number of aliphatic hydroxyl groups excluding tert-OH is 1. The minimum absolute atomic E-state index is 0.0568. The molecular formula is C26H33N3O7. The zero-order valence-corrected chi connectivity index (χ0v) is 21.7. The van der Waals surface area contributed by atoms with Crippen LogP contribution < -0.4 is 9.47 Å². The van der Waals surface area contributed by atoms with E-state index in [0.29, 0.717) is 47.8 Å². The molecule has 194 valence electrons. The van der Waals surface area contributed by atoms with Gasteiger partial charge in [-0.1, -0.05) is 6.07 Å². The first kappa shape index (κ1) is 26.8. The van der Waals surface area contributed by atoms with Crippen molar-refractivity contribution in [2.45, 2.75) is 26.3 Å². The molecule has 10 nitrogen and oxygen atoms in total. The monoisotopic (exact) mass is 499 g/mol. The number of esters is 1. The minimum Gasteiger partial charge on any atom is -0.507 e. The van der Waals surface area contributed by atoms with Crippen LogP contribution in [0.4, 0.5) is 0 Å². The van der Waals surface area contributed by atoms with Crippen molar-refractivity contribution in [1.29, 1.82) is 0 Å². The Morgan fingerprint density at radius 1 is 1.11 bits per heavy atom. The van der Waals surface area contributed by atoms with Gasteiger partial charge in [0.05, 0.1) is 32.9 Å². The van der Waals surface area contributed by atoms with Gasteiger partial charge in [0.15, 0.2) is 11.5 Å². The summed E-state index contributed by atoms with van der Waals surface area (Å²) < 4.78 is 15.6. The molecule has 0 bridgehead atoms. The van der Waals surface area contributed by atoms with Crippen LogP contribution in [-0.4, -0.2) is 86.1 Å². The molecule has 36 heavy (non-hydrogen) atoms. The summed E-state index contributed by atoms with van der Waals surface area (Å²) in [6.45, 7) is 4.33. The second kappa shape index (κ2) is 10.9. The van der Waals surface area contributed by atoms with E-state index in [2.05, 4.69) is 4.98 Å². The van der Waals surface area contributed by atoms with Crippen LogP contribution >= 0.6 is 0 Å². The maximum atomic E-state index is 13.3. The molecule has 0 radical (unpaired) electrons. The number of carbonyl (C=O) groups excluding carboxylic acids is 3. The molecule has 0 aliphatic carbocycles. The summed E-state index contributed by atoms with van der Waals surface area (Å²) in [5.74, 6) is -1.53. The summed E-state index contributed by atoms with van der Waals surface area (Å²) in [5, 5.41) is 11.5. The van der Waals surface area contributed by atoms with Gasteiger partial charge in [0.25, 0.3) is 11.7 Å². The lowest BCUT2D eigenvalue weighted by Gasteiger charge is -2.26. The highest BCUT2D eigenvalue weighted by Gasteiger charge is 2.46. The molecule has 1 aliphatic rings. The molecule has 1 aromatic heterocycles. The lowest BCUT2D eigenvalue weighted by Crippen LogP contribution is -2.32. The molecule has 1 atom stereocenters. The number of nitrogens with zero attached hydrogens (tertiary/aromatic N) is 2. The summed E-state index contributed by atoms with van der Waals surface area (Å²) in [5.41, 5.74) is 1.86. The Balaban J connectivity index is 2.22. The van der Waals surface area contributed by atoms with Crippen LogP contribution in [0.3, 0.4) is 0 Å². The Morgan fingerprint density at radius 2 is 1.78 bits per heavy atom. The third-order valence-electron chi connectivity index (χ3n) is 6.33. The lowest BCUT2D eigenvalue weighted by atomic mass is 9.93. The fourth-order valence-electron chi connectivity index (χ4n) is 4.58. The molecule has 10 heteroatoms. The number of aromatic nitrogens is 1. The van der Waals surface area contributed by atoms with Crippen molar-refractivity contribution < 1.29 is 33.7 Å². The van der Waals surface area contributed by atoms with Crippen molar-refractivity contribution in [3.8, 4) is 11.5 Å². The van der Waals surface area contributed by atoms with Gasteiger partial charge in [-0.2, -0.15) is 0 Å². The maximum Gasteiger partial charge on any atom is 0.354 e. The van der Waals surface area contributed by atoms with E-state index in [0.717, 1.165) is 0 Å². The van der Waals surface area contributed by atoms with E-state index in [9.17, 15) is 19.5 Å². The number of methoxy groups -OCH3 is 3. The van der Waals surface area contributed by atoms with Gasteiger partial charge in [-0.25, -0.2) is 4.79 Å². The molecule has 3 rings (SSSR count). The Morgan fingerprint density at radius 3 is 2.36 bits per heavy atom. The summed E-state index contributed by atoms with van der Waals surface area (Å²) >= 11 is 0. The highest BCUT2D eigenvalue weighted by atomic mass is 16.5. The number of aryl methyl sites for hydroxylation is 1. The smallest absolute Gasteiger partial charge is 0.354 e. The number of likely N-dealkylation sites (tertiary alicyclic amines) is 1. The third-order valence-corrected chi connectivity index (χ3v) is 6.33. The summed E-state index contributed by atoms with van der Waals surface area (Å²) in [4.78, 5) is 45.1. The Kier molecular flexibility index (Phi) is 8.09. The van der Waals surface area contributed by atoms with Gasteiger partial charge in [0.1, 0.15) is 11.5 Å². The van der Waals surface area contributed by atoms with Gasteiger partial charge >= 0.3 is 5.97 Å². The van der Waals surface area contributed by atoms with E-state index in [1.54, 1.807) is 32.0 Å². The van der Waals surface area contributed by atoms with Crippen LogP contribution in [0.25, 0.3) is 5.76 Å². The normalized spacial score (nSPS) is 17.1. The molecule has 2 aromatic rings. The number of hydrogen-bond donors (Lipinski definition) is 2. The molecule has 1 aromatic carbocycles. The first-order valence-electron chi connectivity index (χ1n) is 11.5. The molecule has 1 aliphatic heterocycles. The van der Waals surface area contributed by atoms with E-state index in [1.165, 1.54) is 26.2 Å². The molecule has 2 N–H and O–H groups in total. The number of carbonyl (C=O) groups is 3. The van der Waals surface area contributed by atoms with Crippen molar-refractivity contribution >= 4 is 23.4 Å². The van der Waals surface area contributed by atoms with E-state index >= 15 is 0 Å². The van der Waals surface area contributed by atoms with Crippen LogP contribution in [0, 0.1) is 13.8 Å². The van der Waals surface area contributed by atoms with Crippen LogP contribution in [0.2, 0.25) is 0 Å². The zero-order chi connectivity index (χ0) is 26.7. The topological polar surface area (TPSA) is 121 Å². The number of ketones is 1. The predicted octanol–water partition coefficient (Wildman–Crippen LogP) is 2.81. The van der Waals surface area contributed by atoms with Crippen molar-refractivity contribution in [3.63, 3.8) is 0 Å². The molecule has 0 spiro atoms. The second-order valence-corrected chi connectivity index (χ2v) is 8.88. The van der Waals surface area contributed by atoms with Crippen LogP contribution in [-0.2, 0) is 14.3 Å². The molecule has 1 saturated heterocycles. The van der Waals surface area contributed by atoms with Crippen molar-refractivity contribution in [1.82, 2.24) is 14.8 Å². The Bertz CT molecular complexity index is 1210. The molecule has 2 heterocycles. The molecule has 1 amide bonds. The Labute approximate surface area is 210 Å². The zero-order valence-electron chi connectivity index (χ0n) is 21.7. The number of aliphatic hydroxyl groups is 1. The van der Waals surface area contributed by atoms with Gasteiger partial charge in [-0.05, 0) is 64.2 Å². The average Bonchev–Trinajstić information content (AvgIpc) is 3.29. The highest BCUT2D eigenvalue weighted by Crippen LogP contribution is 2.43. The van der Waals surface area contributed by atoms with Crippen LogP contribution in [0.5, 0.6) is 11.5 Å². The van der Waals surface area contributed by atoms with E-state index in [-0.39, 0.29) is 22.6 Å². The number of benzene rings is 1. The Hall–Kier alpha value is -3.79. The average molecular weight is 500 g/mol. The second-order valence-electron chi connectivity index (χ2n) is 8.88. The minimum atomic E-state index is -0.859. The van der Waals surface area contributed by atoms with Gasteiger partial charge in [-0.3, -0.25) is 9.59 Å². The summed E-state index contributed by atoms with van der Waals surface area (Å²) in [6, 6.07) is 4.26. The third kappa shape index (κ3) is 4.81. The van der Waals surface area contributed by atoms with Gasteiger partial charge in [-0.15, -0.1) is 0 Å². The lowest BCUT2D eigenvalue weighted by molar-refractivity contribution is -0.139. The fourth-order valence-corrected chi connectivity index (χ4v) is 4.58. The molecular weight excluding hydrogens is 466 g/mol. The van der Waals surface area contributed by atoms with Crippen LogP contribution in [0.1, 0.15) is 45.3 Å². The molecule has 1 fully saturated rings. The van der Waals surface area contributed by atoms with E-state index in [4.69, 9.17) is 14.2 Å². The number of hydrogen-bond acceptors (Lipinski definition) is 8.